The molecule has 0 bridgehead atoms. The number of ether oxygens (including phenoxy) is 1. The van der Waals surface area contributed by atoms with Gasteiger partial charge in [-0.3, -0.25) is 19.3 Å². The summed E-state index contributed by atoms with van der Waals surface area (Å²) in [7, 11) is 0. The molecular formula is C24H25FN2O4. The number of nitrogens with zero attached hydrogens (tertiary/aromatic N) is 2. The van der Waals surface area contributed by atoms with Crippen molar-refractivity contribution in [1.82, 2.24) is 9.80 Å². The van der Waals surface area contributed by atoms with Crippen molar-refractivity contribution >= 4 is 17.5 Å². The summed E-state index contributed by atoms with van der Waals surface area (Å²) in [4.78, 5) is 42.9. The number of ketones is 2. The Hall–Kier alpha value is -2.90. The Morgan fingerprint density at radius 1 is 1.00 bits per heavy atom. The third-order valence-electron chi connectivity index (χ3n) is 6.00. The fraction of sp³-hybridized carbons (Fsp3) is 0.375. The van der Waals surface area contributed by atoms with Crippen LogP contribution in [0.4, 0.5) is 4.39 Å². The van der Waals surface area contributed by atoms with Crippen molar-refractivity contribution in [3.63, 3.8) is 0 Å². The van der Waals surface area contributed by atoms with E-state index in [4.69, 9.17) is 4.74 Å². The summed E-state index contributed by atoms with van der Waals surface area (Å²) in [5.74, 6) is -3.42. The Balaban J connectivity index is 1.65. The van der Waals surface area contributed by atoms with Gasteiger partial charge >= 0.3 is 0 Å². The van der Waals surface area contributed by atoms with Crippen molar-refractivity contribution in [2.45, 2.75) is 13.0 Å². The number of Topliss-reactive ketones (excluding diaryl/α,β-unsaturated/α-hetero) is 2. The van der Waals surface area contributed by atoms with Crippen LogP contribution in [0, 0.1) is 18.7 Å². The zero-order valence-electron chi connectivity index (χ0n) is 17.4. The summed E-state index contributed by atoms with van der Waals surface area (Å²) in [6, 6.07) is 11.9. The molecule has 31 heavy (non-hydrogen) atoms. The molecule has 6 nitrogen and oxygen atoms in total. The SMILES string of the molecule is Cc1ccc(C2C(C(=O)c3ccc(F)cc3)C(=O)C(=O)N2CCN2CCOCC2)cc1. The number of aryl methyl sites for hydroxylation is 1. The first-order valence-electron chi connectivity index (χ1n) is 10.5. The van der Waals surface area contributed by atoms with Crippen molar-refractivity contribution in [2.75, 3.05) is 39.4 Å². The predicted octanol–water partition coefficient (Wildman–Crippen LogP) is 2.42. The minimum absolute atomic E-state index is 0.222. The van der Waals surface area contributed by atoms with Gasteiger partial charge in [-0.25, -0.2) is 4.39 Å². The van der Waals surface area contributed by atoms with E-state index in [-0.39, 0.29) is 5.56 Å². The van der Waals surface area contributed by atoms with Gasteiger partial charge in [0, 0.05) is 31.7 Å². The highest BCUT2D eigenvalue weighted by molar-refractivity contribution is 6.44. The number of morpholine rings is 1. The Morgan fingerprint density at radius 2 is 1.65 bits per heavy atom. The fourth-order valence-corrected chi connectivity index (χ4v) is 4.23. The van der Waals surface area contributed by atoms with Gasteiger partial charge in [0.25, 0.3) is 5.91 Å². The standard InChI is InChI=1S/C24H25FN2O4/c1-16-2-4-17(5-3-16)21-20(22(28)18-6-8-19(25)9-7-18)23(29)24(30)27(21)11-10-26-12-14-31-15-13-26/h2-9,20-21H,10-15H2,1H3. The molecule has 1 amide bonds. The average Bonchev–Trinajstić information content (AvgIpc) is 3.04. The highest BCUT2D eigenvalue weighted by atomic mass is 19.1. The van der Waals surface area contributed by atoms with Gasteiger partial charge in [-0.15, -0.1) is 0 Å². The molecule has 2 fully saturated rings. The molecule has 0 aliphatic carbocycles. The van der Waals surface area contributed by atoms with Gasteiger partial charge in [-0.2, -0.15) is 0 Å². The Kier molecular flexibility index (Phi) is 6.25. The molecule has 2 aromatic rings. The lowest BCUT2D eigenvalue weighted by Gasteiger charge is -2.31. The lowest BCUT2D eigenvalue weighted by atomic mass is 9.86. The summed E-state index contributed by atoms with van der Waals surface area (Å²) in [5, 5.41) is 0. The second-order valence-corrected chi connectivity index (χ2v) is 8.02. The van der Waals surface area contributed by atoms with Crippen LogP contribution < -0.4 is 0 Å². The van der Waals surface area contributed by atoms with Crippen molar-refractivity contribution in [1.29, 1.82) is 0 Å². The maximum atomic E-state index is 13.3. The number of amides is 1. The monoisotopic (exact) mass is 424 g/mol. The van der Waals surface area contributed by atoms with Crippen LogP contribution in [0.1, 0.15) is 27.5 Å². The second-order valence-electron chi connectivity index (χ2n) is 8.02. The van der Waals surface area contributed by atoms with E-state index >= 15 is 0 Å². The number of rotatable bonds is 6. The van der Waals surface area contributed by atoms with Crippen LogP contribution >= 0.6 is 0 Å². The molecule has 2 aromatic carbocycles. The molecule has 162 valence electrons. The first-order chi connectivity index (χ1) is 15.0. The zero-order chi connectivity index (χ0) is 22.0. The first kappa shape index (κ1) is 21.3. The van der Waals surface area contributed by atoms with Gasteiger partial charge in [-0.05, 0) is 36.8 Å². The molecule has 0 spiro atoms. The van der Waals surface area contributed by atoms with Crippen molar-refractivity contribution in [3.05, 3.63) is 71.0 Å². The van der Waals surface area contributed by atoms with E-state index in [1.165, 1.54) is 29.2 Å². The smallest absolute Gasteiger partial charge is 0.291 e. The number of likely N-dealkylation sites (tertiary alicyclic amines) is 1. The van der Waals surface area contributed by atoms with Gasteiger partial charge in [-0.1, -0.05) is 29.8 Å². The lowest BCUT2D eigenvalue weighted by molar-refractivity contribution is -0.141. The van der Waals surface area contributed by atoms with Crippen LogP contribution in [-0.4, -0.2) is 66.7 Å². The topological polar surface area (TPSA) is 66.9 Å². The van der Waals surface area contributed by atoms with Crippen molar-refractivity contribution in [2.24, 2.45) is 5.92 Å². The molecule has 4 rings (SSSR count). The number of benzene rings is 2. The van der Waals surface area contributed by atoms with Gasteiger partial charge < -0.3 is 9.64 Å². The van der Waals surface area contributed by atoms with Crippen LogP contribution in [0.3, 0.4) is 0 Å². The summed E-state index contributed by atoms with van der Waals surface area (Å²) >= 11 is 0. The molecule has 0 N–H and O–H groups in total. The highest BCUT2D eigenvalue weighted by Crippen LogP contribution is 2.38. The Labute approximate surface area is 180 Å². The van der Waals surface area contributed by atoms with Gasteiger partial charge in [0.15, 0.2) is 5.78 Å². The van der Waals surface area contributed by atoms with E-state index in [0.717, 1.165) is 24.2 Å². The Bertz CT molecular complexity index is 968. The van der Waals surface area contributed by atoms with Crippen molar-refractivity contribution in [3.8, 4) is 0 Å². The summed E-state index contributed by atoms with van der Waals surface area (Å²) in [5.41, 5.74) is 2.01. The second kappa shape index (κ2) is 9.08. The number of carbonyl (C=O) groups is 3. The molecule has 2 saturated heterocycles. The molecule has 0 saturated carbocycles. The minimum Gasteiger partial charge on any atom is -0.379 e. The largest absolute Gasteiger partial charge is 0.379 e. The molecule has 7 heteroatoms. The number of carbonyl (C=O) groups excluding carboxylic acids is 3. The normalized spacial score (nSPS) is 22.2. The molecule has 2 atom stereocenters. The molecule has 2 aliphatic rings. The molecule has 2 unspecified atom stereocenters. The minimum atomic E-state index is -1.15. The van der Waals surface area contributed by atoms with Crippen LogP contribution in [0.25, 0.3) is 0 Å². The maximum Gasteiger partial charge on any atom is 0.291 e. The lowest BCUT2D eigenvalue weighted by Crippen LogP contribution is -2.42. The van der Waals surface area contributed by atoms with Crippen LogP contribution in [0.2, 0.25) is 0 Å². The van der Waals surface area contributed by atoms with E-state index in [9.17, 15) is 18.8 Å². The third kappa shape index (κ3) is 4.43. The molecule has 2 heterocycles. The van der Waals surface area contributed by atoms with Crippen molar-refractivity contribution < 1.29 is 23.5 Å². The van der Waals surface area contributed by atoms with Crippen LogP contribution in [0.5, 0.6) is 0 Å². The van der Waals surface area contributed by atoms with E-state index < -0.39 is 35.3 Å². The highest BCUT2D eigenvalue weighted by Gasteiger charge is 2.51. The van der Waals surface area contributed by atoms with E-state index in [2.05, 4.69) is 4.90 Å². The predicted molar refractivity (Wildman–Crippen MR) is 112 cm³/mol. The molecule has 2 aliphatic heterocycles. The molecule has 0 aromatic heterocycles. The maximum absolute atomic E-state index is 13.3. The molecule has 0 radical (unpaired) electrons. The zero-order valence-corrected chi connectivity index (χ0v) is 17.4. The van der Waals surface area contributed by atoms with E-state index in [1.807, 2.05) is 31.2 Å². The summed E-state index contributed by atoms with van der Waals surface area (Å²) in [6.07, 6.45) is 0. The first-order valence-corrected chi connectivity index (χ1v) is 10.5. The van der Waals surface area contributed by atoms with Gasteiger partial charge in [0.2, 0.25) is 5.78 Å². The quantitative estimate of drug-likeness (QED) is 0.405. The number of hydrogen-bond donors (Lipinski definition) is 0. The van der Waals surface area contributed by atoms with E-state index in [1.54, 1.807) is 0 Å². The number of halogens is 1. The van der Waals surface area contributed by atoms with Crippen LogP contribution in [0.15, 0.2) is 48.5 Å². The van der Waals surface area contributed by atoms with Gasteiger partial charge in [0.05, 0.1) is 19.3 Å². The average molecular weight is 424 g/mol. The Morgan fingerprint density at radius 3 is 2.29 bits per heavy atom. The number of hydrogen-bond acceptors (Lipinski definition) is 5. The fourth-order valence-electron chi connectivity index (χ4n) is 4.23. The van der Waals surface area contributed by atoms with Crippen LogP contribution in [-0.2, 0) is 14.3 Å². The summed E-state index contributed by atoms with van der Waals surface area (Å²) < 4.78 is 18.7. The third-order valence-corrected chi connectivity index (χ3v) is 6.00. The summed E-state index contributed by atoms with van der Waals surface area (Å²) in [6.45, 7) is 5.71. The van der Waals surface area contributed by atoms with Gasteiger partial charge in [0.1, 0.15) is 11.7 Å². The molecular weight excluding hydrogens is 399 g/mol. The van der Waals surface area contributed by atoms with E-state index in [0.29, 0.717) is 26.3 Å².